The molecule has 0 fully saturated rings. The SMILES string of the molecule is C1=CC2c3cc(-c4ccccc4)ccc3-c3ccccc3N(c3nc(-c4ccccc4)cc(-c4ccccc4)n3)C2C=C1. The fourth-order valence-electron chi connectivity index (χ4n) is 6.39. The fraction of sp³-hybridized carbons (Fsp3) is 0.0500. The van der Waals surface area contributed by atoms with E-state index in [1.165, 1.54) is 27.8 Å². The van der Waals surface area contributed by atoms with Gasteiger partial charge in [-0.2, -0.15) is 0 Å². The smallest absolute Gasteiger partial charge is 0.231 e. The minimum atomic E-state index is -0.00642. The fourth-order valence-corrected chi connectivity index (χ4v) is 6.39. The maximum absolute atomic E-state index is 5.27. The van der Waals surface area contributed by atoms with Gasteiger partial charge in [0.05, 0.1) is 23.1 Å². The van der Waals surface area contributed by atoms with Crippen molar-refractivity contribution in [1.29, 1.82) is 0 Å². The number of hydrogen-bond acceptors (Lipinski definition) is 3. The molecule has 1 aliphatic heterocycles. The minimum absolute atomic E-state index is 0.00642. The number of aromatic nitrogens is 2. The summed E-state index contributed by atoms with van der Waals surface area (Å²) in [5.74, 6) is 0.805. The molecule has 2 atom stereocenters. The number of benzene rings is 5. The Bertz CT molecular complexity index is 1920. The van der Waals surface area contributed by atoms with Crippen LogP contribution in [0.4, 0.5) is 11.6 Å². The Balaban J connectivity index is 1.36. The van der Waals surface area contributed by atoms with Gasteiger partial charge < -0.3 is 4.90 Å². The van der Waals surface area contributed by atoms with Gasteiger partial charge in [0, 0.05) is 22.6 Å². The van der Waals surface area contributed by atoms with Gasteiger partial charge >= 0.3 is 0 Å². The summed E-state index contributed by atoms with van der Waals surface area (Å²) >= 11 is 0. The zero-order chi connectivity index (χ0) is 28.6. The molecule has 0 amide bonds. The van der Waals surface area contributed by atoms with E-state index >= 15 is 0 Å². The summed E-state index contributed by atoms with van der Waals surface area (Å²) in [7, 11) is 0. The summed E-state index contributed by atoms with van der Waals surface area (Å²) in [6, 6.07) is 49.1. The van der Waals surface area contributed by atoms with Gasteiger partial charge in [0.15, 0.2) is 0 Å². The lowest BCUT2D eigenvalue weighted by atomic mass is 9.83. The first kappa shape index (κ1) is 25.2. The van der Waals surface area contributed by atoms with E-state index in [1.54, 1.807) is 0 Å². The molecule has 0 bridgehead atoms. The zero-order valence-electron chi connectivity index (χ0n) is 23.6. The Morgan fingerprint density at radius 3 is 1.72 bits per heavy atom. The van der Waals surface area contributed by atoms with E-state index in [-0.39, 0.29) is 12.0 Å². The summed E-state index contributed by atoms with van der Waals surface area (Å²) in [4.78, 5) is 12.9. The number of anilines is 2. The van der Waals surface area contributed by atoms with Crippen molar-refractivity contribution in [3.63, 3.8) is 0 Å². The molecule has 43 heavy (non-hydrogen) atoms. The van der Waals surface area contributed by atoms with Crippen molar-refractivity contribution in [2.24, 2.45) is 0 Å². The Kier molecular flexibility index (Phi) is 6.27. The monoisotopic (exact) mass is 551 g/mol. The summed E-state index contributed by atoms with van der Waals surface area (Å²) in [5, 5.41) is 0. The molecule has 204 valence electrons. The highest BCUT2D eigenvalue weighted by Crippen LogP contribution is 2.48. The van der Waals surface area contributed by atoms with Crippen LogP contribution in [-0.2, 0) is 0 Å². The number of rotatable bonds is 4. The lowest BCUT2D eigenvalue weighted by Gasteiger charge is -2.34. The molecule has 0 saturated heterocycles. The highest BCUT2D eigenvalue weighted by molar-refractivity contribution is 5.88. The topological polar surface area (TPSA) is 29.0 Å². The van der Waals surface area contributed by atoms with Crippen molar-refractivity contribution in [2.75, 3.05) is 4.90 Å². The van der Waals surface area contributed by atoms with Crippen LogP contribution >= 0.6 is 0 Å². The number of allylic oxidation sites excluding steroid dienone is 2. The second kappa shape index (κ2) is 10.7. The first-order chi connectivity index (χ1) is 21.3. The zero-order valence-corrected chi connectivity index (χ0v) is 23.6. The van der Waals surface area contributed by atoms with E-state index in [4.69, 9.17) is 9.97 Å². The van der Waals surface area contributed by atoms with Crippen LogP contribution in [-0.4, -0.2) is 16.0 Å². The van der Waals surface area contributed by atoms with Crippen LogP contribution in [0.5, 0.6) is 0 Å². The summed E-state index contributed by atoms with van der Waals surface area (Å²) < 4.78 is 0. The molecule has 1 aromatic heterocycles. The molecule has 0 spiro atoms. The van der Waals surface area contributed by atoms with E-state index in [0.29, 0.717) is 5.95 Å². The van der Waals surface area contributed by atoms with Gasteiger partial charge in [-0.3, -0.25) is 0 Å². The third-order valence-electron chi connectivity index (χ3n) is 8.44. The number of hydrogen-bond donors (Lipinski definition) is 0. The van der Waals surface area contributed by atoms with Crippen molar-refractivity contribution >= 4 is 11.6 Å². The van der Waals surface area contributed by atoms with Crippen LogP contribution in [0.1, 0.15) is 11.5 Å². The molecule has 1 aliphatic carbocycles. The first-order valence-electron chi connectivity index (χ1n) is 14.8. The van der Waals surface area contributed by atoms with Crippen LogP contribution < -0.4 is 4.90 Å². The van der Waals surface area contributed by atoms with Crippen LogP contribution in [0.15, 0.2) is 164 Å². The molecule has 6 aromatic rings. The minimum Gasteiger partial charge on any atom is -0.302 e. The van der Waals surface area contributed by atoms with Gasteiger partial charge in [0.2, 0.25) is 5.95 Å². The van der Waals surface area contributed by atoms with Gasteiger partial charge in [-0.25, -0.2) is 9.97 Å². The van der Waals surface area contributed by atoms with E-state index in [9.17, 15) is 0 Å². The van der Waals surface area contributed by atoms with Crippen LogP contribution in [0, 0.1) is 0 Å². The van der Waals surface area contributed by atoms with Gasteiger partial charge in [-0.1, -0.05) is 146 Å². The molecule has 0 radical (unpaired) electrons. The molecular formula is C40H29N3. The molecule has 2 aliphatic rings. The molecule has 2 heterocycles. The maximum atomic E-state index is 5.27. The summed E-state index contributed by atoms with van der Waals surface area (Å²) in [6.07, 6.45) is 8.95. The quantitative estimate of drug-likeness (QED) is 0.218. The van der Waals surface area contributed by atoms with Gasteiger partial charge in [0.1, 0.15) is 0 Å². The lowest BCUT2D eigenvalue weighted by Crippen LogP contribution is -2.35. The largest absolute Gasteiger partial charge is 0.302 e. The second-order valence-electron chi connectivity index (χ2n) is 11.0. The van der Waals surface area contributed by atoms with E-state index in [2.05, 4.69) is 157 Å². The predicted octanol–water partition coefficient (Wildman–Crippen LogP) is 9.87. The molecule has 3 heteroatoms. The normalized spacial score (nSPS) is 16.6. The molecule has 8 rings (SSSR count). The Morgan fingerprint density at radius 1 is 0.465 bits per heavy atom. The standard InChI is InChI=1S/C40H29N3/c1-4-14-28(15-5-1)31-24-25-32-33-20-10-12-22-38(33)43(39-23-13-11-21-34(39)35(32)26-31)40-41-36(29-16-6-2-7-17-29)27-37(42-40)30-18-8-3-9-19-30/h1-27,34,39H. The third-order valence-corrected chi connectivity index (χ3v) is 8.44. The highest BCUT2D eigenvalue weighted by atomic mass is 15.3. The van der Waals surface area contributed by atoms with Crippen molar-refractivity contribution < 1.29 is 0 Å². The number of nitrogens with zero attached hydrogens (tertiary/aromatic N) is 3. The number of para-hydroxylation sites is 1. The molecule has 5 aromatic carbocycles. The van der Waals surface area contributed by atoms with Gasteiger partial charge in [-0.05, 0) is 40.5 Å². The third kappa shape index (κ3) is 4.56. The molecule has 0 N–H and O–H groups in total. The Labute approximate surface area is 252 Å². The molecule has 3 nitrogen and oxygen atoms in total. The molecular weight excluding hydrogens is 522 g/mol. The predicted molar refractivity (Wildman–Crippen MR) is 177 cm³/mol. The van der Waals surface area contributed by atoms with E-state index < -0.39 is 0 Å². The first-order valence-corrected chi connectivity index (χ1v) is 14.8. The van der Waals surface area contributed by atoms with Crippen molar-refractivity contribution in [3.8, 4) is 44.8 Å². The van der Waals surface area contributed by atoms with Crippen LogP contribution in [0.2, 0.25) is 0 Å². The molecule has 0 saturated carbocycles. The van der Waals surface area contributed by atoms with E-state index in [0.717, 1.165) is 28.2 Å². The lowest BCUT2D eigenvalue weighted by molar-refractivity contribution is 0.684. The summed E-state index contributed by atoms with van der Waals surface area (Å²) in [5.41, 5.74) is 11.2. The number of fused-ring (bicyclic) bond motifs is 5. The van der Waals surface area contributed by atoms with Crippen molar-refractivity contribution in [2.45, 2.75) is 12.0 Å². The van der Waals surface area contributed by atoms with Crippen molar-refractivity contribution in [3.05, 3.63) is 169 Å². The Hall–Kier alpha value is -5.54. The Morgan fingerprint density at radius 2 is 1.05 bits per heavy atom. The van der Waals surface area contributed by atoms with Crippen molar-refractivity contribution in [1.82, 2.24) is 9.97 Å². The second-order valence-corrected chi connectivity index (χ2v) is 11.0. The van der Waals surface area contributed by atoms with Crippen LogP contribution in [0.25, 0.3) is 44.8 Å². The van der Waals surface area contributed by atoms with Crippen LogP contribution in [0.3, 0.4) is 0 Å². The average molecular weight is 552 g/mol. The molecule has 2 unspecified atom stereocenters. The van der Waals surface area contributed by atoms with E-state index in [1.807, 2.05) is 12.1 Å². The average Bonchev–Trinajstić information content (AvgIpc) is 3.22. The summed E-state index contributed by atoms with van der Waals surface area (Å²) in [6.45, 7) is 0. The van der Waals surface area contributed by atoms with Gasteiger partial charge in [-0.15, -0.1) is 0 Å². The maximum Gasteiger partial charge on any atom is 0.231 e. The highest BCUT2D eigenvalue weighted by Gasteiger charge is 2.36. The van der Waals surface area contributed by atoms with Gasteiger partial charge in [0.25, 0.3) is 0 Å².